The zero-order valence-electron chi connectivity index (χ0n) is 14.2. The van der Waals surface area contributed by atoms with Crippen LogP contribution in [0, 0.1) is 0 Å². The molecule has 0 fully saturated rings. The van der Waals surface area contributed by atoms with Crippen LogP contribution in [0.5, 0.6) is 5.75 Å². The first kappa shape index (κ1) is 17.2. The molecule has 0 aliphatic carbocycles. The van der Waals surface area contributed by atoms with Gasteiger partial charge in [0.05, 0.1) is 17.7 Å². The Morgan fingerprint density at radius 1 is 1.36 bits per heavy atom. The lowest BCUT2D eigenvalue weighted by Crippen LogP contribution is -2.27. The molecule has 0 aliphatic rings. The minimum Gasteiger partial charge on any atom is -0.494 e. The lowest BCUT2D eigenvalue weighted by atomic mass is 10.2. The Morgan fingerprint density at radius 2 is 2.16 bits per heavy atom. The van der Waals surface area contributed by atoms with Gasteiger partial charge in [-0.1, -0.05) is 18.5 Å². The maximum atomic E-state index is 12.4. The first-order valence-corrected chi connectivity index (χ1v) is 8.26. The molecule has 0 saturated carbocycles. The third-order valence-electron chi connectivity index (χ3n) is 3.82. The monoisotopic (exact) mass is 359 g/mol. The molecular weight excluding hydrogens is 342 g/mol. The van der Waals surface area contributed by atoms with Crippen LogP contribution in [0.3, 0.4) is 0 Å². The number of hydrogen-bond donors (Lipinski definition) is 0. The Balaban J connectivity index is 2.01. The van der Waals surface area contributed by atoms with Crippen LogP contribution in [-0.4, -0.2) is 41.5 Å². The summed E-state index contributed by atoms with van der Waals surface area (Å²) in [7, 11) is 3.29. The molecular formula is C18H18ClN3O3. The number of carbonyl (C=O) groups excluding carboxylic acids is 1. The molecule has 1 amide bonds. The number of hydrogen-bond acceptors (Lipinski definition) is 5. The number of nitrogens with zero attached hydrogens (tertiary/aromatic N) is 3. The van der Waals surface area contributed by atoms with Crippen molar-refractivity contribution < 1.29 is 13.9 Å². The second kappa shape index (κ2) is 7.11. The first-order chi connectivity index (χ1) is 12.0. The second-order valence-electron chi connectivity index (χ2n) is 5.62. The Morgan fingerprint density at radius 3 is 2.84 bits per heavy atom. The summed E-state index contributed by atoms with van der Waals surface area (Å²) in [5.74, 6) is 0.827. The summed E-state index contributed by atoms with van der Waals surface area (Å²) >= 11 is 6.13. The normalized spacial score (nSPS) is 10.9. The predicted octanol–water partition coefficient (Wildman–Crippen LogP) is 4.03. The van der Waals surface area contributed by atoms with Gasteiger partial charge in [-0.25, -0.2) is 4.98 Å². The largest absolute Gasteiger partial charge is 0.494 e. The number of ether oxygens (including phenoxy) is 1. The van der Waals surface area contributed by atoms with Crippen LogP contribution in [-0.2, 0) is 0 Å². The van der Waals surface area contributed by atoms with Crippen molar-refractivity contribution in [2.24, 2.45) is 0 Å². The Labute approximate surface area is 150 Å². The molecule has 130 valence electrons. The molecule has 0 saturated heterocycles. The molecule has 0 N–H and O–H groups in total. The highest BCUT2D eigenvalue weighted by Crippen LogP contribution is 2.34. The molecule has 3 rings (SSSR count). The number of amides is 1. The molecule has 3 aromatic rings. The molecule has 0 aromatic carbocycles. The van der Waals surface area contributed by atoms with Gasteiger partial charge in [0.25, 0.3) is 5.91 Å². The highest BCUT2D eigenvalue weighted by atomic mass is 35.5. The fourth-order valence-electron chi connectivity index (χ4n) is 2.58. The molecule has 6 nitrogen and oxygen atoms in total. The van der Waals surface area contributed by atoms with E-state index >= 15 is 0 Å². The number of aromatic nitrogens is 2. The number of carbonyl (C=O) groups is 1. The van der Waals surface area contributed by atoms with Crippen molar-refractivity contribution in [2.75, 3.05) is 20.7 Å². The Kier molecular flexibility index (Phi) is 4.90. The van der Waals surface area contributed by atoms with E-state index in [1.807, 2.05) is 6.92 Å². The van der Waals surface area contributed by atoms with E-state index in [2.05, 4.69) is 9.97 Å². The molecule has 3 heterocycles. The molecule has 0 radical (unpaired) electrons. The number of pyridine rings is 2. The number of methoxy groups -OCH3 is 1. The highest BCUT2D eigenvalue weighted by molar-refractivity contribution is 6.34. The Hall–Kier alpha value is -2.60. The van der Waals surface area contributed by atoms with E-state index in [1.165, 1.54) is 13.3 Å². The molecule has 25 heavy (non-hydrogen) atoms. The number of halogens is 1. The third kappa shape index (κ3) is 3.30. The van der Waals surface area contributed by atoms with Gasteiger partial charge in [-0.05, 0) is 18.6 Å². The molecule has 7 heteroatoms. The lowest BCUT2D eigenvalue weighted by Gasteiger charge is -2.16. The second-order valence-corrected chi connectivity index (χ2v) is 6.03. The third-order valence-corrected chi connectivity index (χ3v) is 4.12. The van der Waals surface area contributed by atoms with E-state index < -0.39 is 0 Å². The van der Waals surface area contributed by atoms with Crippen LogP contribution < -0.4 is 4.74 Å². The van der Waals surface area contributed by atoms with Crippen molar-refractivity contribution in [3.63, 3.8) is 0 Å². The summed E-state index contributed by atoms with van der Waals surface area (Å²) in [5, 5.41) is 0.475. The first-order valence-electron chi connectivity index (χ1n) is 7.89. The molecule has 0 aliphatic heterocycles. The standard InChI is InChI=1S/C18H18ClN3O3/c1-4-7-22(2)18(23)11-8-14(24-3)16(21-10-11)15-9-13-17(25-15)12(19)5-6-20-13/h5-6,8-10H,4,7H2,1-3H3. The summed E-state index contributed by atoms with van der Waals surface area (Å²) in [6, 6.07) is 5.07. The maximum Gasteiger partial charge on any atom is 0.255 e. The number of furan rings is 1. The fraction of sp³-hybridized carbons (Fsp3) is 0.278. The van der Waals surface area contributed by atoms with Crippen LogP contribution in [0.15, 0.2) is 35.0 Å². The summed E-state index contributed by atoms with van der Waals surface area (Å²) in [6.45, 7) is 2.70. The van der Waals surface area contributed by atoms with Gasteiger partial charge in [0.15, 0.2) is 11.3 Å². The Bertz CT molecular complexity index is 923. The summed E-state index contributed by atoms with van der Waals surface area (Å²) in [4.78, 5) is 22.7. The average molecular weight is 360 g/mol. The van der Waals surface area contributed by atoms with Gasteiger partial charge >= 0.3 is 0 Å². The van der Waals surface area contributed by atoms with Gasteiger partial charge in [0, 0.05) is 32.1 Å². The highest BCUT2D eigenvalue weighted by Gasteiger charge is 2.19. The van der Waals surface area contributed by atoms with Crippen molar-refractivity contribution in [2.45, 2.75) is 13.3 Å². The number of fused-ring (bicyclic) bond motifs is 1. The zero-order chi connectivity index (χ0) is 18.0. The fourth-order valence-corrected chi connectivity index (χ4v) is 2.78. The van der Waals surface area contributed by atoms with Crippen LogP contribution in [0.1, 0.15) is 23.7 Å². The zero-order valence-corrected chi connectivity index (χ0v) is 15.0. The van der Waals surface area contributed by atoms with Crippen LogP contribution >= 0.6 is 11.6 Å². The SMILES string of the molecule is CCCN(C)C(=O)c1cnc(-c2cc3nccc(Cl)c3o2)c(OC)c1. The summed E-state index contributed by atoms with van der Waals surface area (Å²) < 4.78 is 11.2. The van der Waals surface area contributed by atoms with Crippen molar-refractivity contribution in [1.82, 2.24) is 14.9 Å². The van der Waals surface area contributed by atoms with Crippen LogP contribution in [0.4, 0.5) is 0 Å². The van der Waals surface area contributed by atoms with Gasteiger partial charge in [-0.2, -0.15) is 0 Å². The molecule has 0 bridgehead atoms. The maximum absolute atomic E-state index is 12.4. The molecule has 0 unspecified atom stereocenters. The minimum absolute atomic E-state index is 0.103. The van der Waals surface area contributed by atoms with E-state index in [0.717, 1.165) is 6.42 Å². The average Bonchev–Trinajstić information content (AvgIpc) is 3.06. The smallest absolute Gasteiger partial charge is 0.255 e. The van der Waals surface area contributed by atoms with E-state index in [0.29, 0.717) is 45.4 Å². The topological polar surface area (TPSA) is 68.5 Å². The lowest BCUT2D eigenvalue weighted by molar-refractivity contribution is 0.0794. The van der Waals surface area contributed by atoms with Crippen LogP contribution in [0.25, 0.3) is 22.6 Å². The predicted molar refractivity (Wildman–Crippen MR) is 96.1 cm³/mol. The number of rotatable bonds is 5. The van der Waals surface area contributed by atoms with Crippen molar-refractivity contribution in [3.8, 4) is 17.2 Å². The quantitative estimate of drug-likeness (QED) is 0.687. The van der Waals surface area contributed by atoms with Crippen molar-refractivity contribution in [1.29, 1.82) is 0 Å². The van der Waals surface area contributed by atoms with E-state index in [4.69, 9.17) is 20.8 Å². The summed E-state index contributed by atoms with van der Waals surface area (Å²) in [6.07, 6.45) is 4.02. The van der Waals surface area contributed by atoms with E-state index in [9.17, 15) is 4.79 Å². The van der Waals surface area contributed by atoms with Gasteiger partial charge in [-0.15, -0.1) is 0 Å². The van der Waals surface area contributed by atoms with Crippen molar-refractivity contribution >= 4 is 28.6 Å². The van der Waals surface area contributed by atoms with Gasteiger partial charge < -0.3 is 14.1 Å². The van der Waals surface area contributed by atoms with Crippen LogP contribution in [0.2, 0.25) is 5.02 Å². The van der Waals surface area contributed by atoms with Gasteiger partial charge in [-0.3, -0.25) is 9.78 Å². The molecule has 0 spiro atoms. The molecule has 3 aromatic heterocycles. The van der Waals surface area contributed by atoms with Gasteiger partial charge in [0.1, 0.15) is 17.0 Å². The minimum atomic E-state index is -0.103. The van der Waals surface area contributed by atoms with Gasteiger partial charge in [0.2, 0.25) is 0 Å². The van der Waals surface area contributed by atoms with E-state index in [-0.39, 0.29) is 5.91 Å². The van der Waals surface area contributed by atoms with E-state index in [1.54, 1.807) is 36.3 Å². The summed E-state index contributed by atoms with van der Waals surface area (Å²) in [5.41, 5.74) is 2.08. The molecule has 0 atom stereocenters. The van der Waals surface area contributed by atoms with Crippen molar-refractivity contribution in [3.05, 3.63) is 41.2 Å².